The van der Waals surface area contributed by atoms with Crippen molar-refractivity contribution in [3.05, 3.63) is 0 Å². The third kappa shape index (κ3) is 11.6. The van der Waals surface area contributed by atoms with E-state index in [1.807, 2.05) is 6.92 Å². The molecule has 3 nitrogen and oxygen atoms in total. The van der Waals surface area contributed by atoms with E-state index in [0.717, 1.165) is 12.3 Å². The Labute approximate surface area is 156 Å². The lowest BCUT2D eigenvalue weighted by Crippen LogP contribution is -2.28. The molecule has 1 atom stereocenters. The van der Waals surface area contributed by atoms with Crippen LogP contribution in [-0.4, -0.2) is 29.8 Å². The van der Waals surface area contributed by atoms with Gasteiger partial charge in [0.15, 0.2) is 5.90 Å². The Balaban J connectivity index is 1.77. The number of rotatable bonds is 17. The quantitative estimate of drug-likeness (QED) is 0.306. The highest BCUT2D eigenvalue weighted by Gasteiger charge is 2.30. The van der Waals surface area contributed by atoms with Crippen molar-refractivity contribution in [1.82, 2.24) is 0 Å². The molecule has 0 saturated carbocycles. The van der Waals surface area contributed by atoms with Gasteiger partial charge in [-0.25, -0.2) is 4.99 Å². The molecule has 0 amide bonds. The molecule has 0 fully saturated rings. The molecule has 1 aliphatic rings. The van der Waals surface area contributed by atoms with Crippen LogP contribution in [0.4, 0.5) is 0 Å². The number of aliphatic hydroxyl groups is 1. The number of ether oxygens (including phenoxy) is 1. The lowest BCUT2D eigenvalue weighted by atomic mass is 10.0. The molecule has 1 N–H and O–H groups in total. The van der Waals surface area contributed by atoms with Gasteiger partial charge >= 0.3 is 0 Å². The van der Waals surface area contributed by atoms with E-state index in [4.69, 9.17) is 4.74 Å². The molecule has 1 aliphatic heterocycles. The van der Waals surface area contributed by atoms with Gasteiger partial charge in [-0.2, -0.15) is 0 Å². The third-order valence-corrected chi connectivity index (χ3v) is 5.28. The van der Waals surface area contributed by atoms with E-state index in [2.05, 4.69) is 11.9 Å². The summed E-state index contributed by atoms with van der Waals surface area (Å²) in [6.45, 7) is 4.85. The molecule has 0 radical (unpaired) electrons. The summed E-state index contributed by atoms with van der Waals surface area (Å²) in [5.41, 5.74) is -0.384. The molecule has 0 bridgehead atoms. The van der Waals surface area contributed by atoms with Gasteiger partial charge in [-0.3, -0.25) is 0 Å². The van der Waals surface area contributed by atoms with Gasteiger partial charge in [0.05, 0.1) is 6.61 Å². The van der Waals surface area contributed by atoms with Gasteiger partial charge in [-0.15, -0.1) is 0 Å². The minimum Gasteiger partial charge on any atom is -0.478 e. The zero-order valence-electron chi connectivity index (χ0n) is 17.0. The molecule has 0 aromatic heterocycles. The number of nitrogens with zero attached hydrogens (tertiary/aromatic N) is 1. The van der Waals surface area contributed by atoms with Gasteiger partial charge in [0.1, 0.15) is 12.1 Å². The van der Waals surface area contributed by atoms with Gasteiger partial charge in [0, 0.05) is 6.42 Å². The van der Waals surface area contributed by atoms with E-state index in [1.165, 1.54) is 96.3 Å². The summed E-state index contributed by atoms with van der Waals surface area (Å²) >= 11 is 0. The van der Waals surface area contributed by atoms with Crippen LogP contribution in [0.2, 0.25) is 0 Å². The average molecular weight is 354 g/mol. The standard InChI is InChI=1S/C22H43NO2/c1-3-4-5-6-7-8-9-10-11-12-13-14-15-16-17-18-21-23-22(2,19-24)20-25-21/h24H,3-20H2,1-2H3/t22-/m1/s1. The second kappa shape index (κ2) is 14.6. The van der Waals surface area contributed by atoms with Crippen molar-refractivity contribution >= 4 is 5.90 Å². The van der Waals surface area contributed by atoms with Crippen molar-refractivity contribution in [1.29, 1.82) is 0 Å². The first-order valence-corrected chi connectivity index (χ1v) is 11.0. The first-order chi connectivity index (χ1) is 12.2. The van der Waals surface area contributed by atoms with Crippen molar-refractivity contribution in [2.24, 2.45) is 4.99 Å². The normalized spacial score (nSPS) is 19.9. The highest BCUT2D eigenvalue weighted by atomic mass is 16.5. The molecular weight excluding hydrogens is 310 g/mol. The van der Waals surface area contributed by atoms with Gasteiger partial charge in [-0.05, 0) is 13.3 Å². The zero-order chi connectivity index (χ0) is 18.2. The smallest absolute Gasteiger partial charge is 0.184 e. The Hall–Kier alpha value is -0.570. The number of aliphatic hydroxyl groups excluding tert-OH is 1. The predicted octanol–water partition coefficient (Wildman–Crippen LogP) is 6.43. The molecular formula is C22H43NO2. The maximum Gasteiger partial charge on any atom is 0.184 e. The first-order valence-electron chi connectivity index (χ1n) is 11.0. The van der Waals surface area contributed by atoms with E-state index in [1.54, 1.807) is 0 Å². The molecule has 0 unspecified atom stereocenters. The van der Waals surface area contributed by atoms with Crippen LogP contribution in [0.15, 0.2) is 4.99 Å². The first kappa shape index (κ1) is 22.5. The van der Waals surface area contributed by atoms with Gasteiger partial charge in [-0.1, -0.05) is 96.8 Å². The molecule has 1 heterocycles. The summed E-state index contributed by atoms with van der Waals surface area (Å²) in [4.78, 5) is 4.49. The van der Waals surface area contributed by atoms with Gasteiger partial charge < -0.3 is 9.84 Å². The summed E-state index contributed by atoms with van der Waals surface area (Å²) in [7, 11) is 0. The predicted molar refractivity (Wildman–Crippen MR) is 108 cm³/mol. The molecule has 3 heteroatoms. The highest BCUT2D eigenvalue weighted by Crippen LogP contribution is 2.20. The van der Waals surface area contributed by atoms with Crippen LogP contribution in [0, 0.1) is 0 Å². The van der Waals surface area contributed by atoms with Crippen molar-refractivity contribution < 1.29 is 9.84 Å². The van der Waals surface area contributed by atoms with Crippen molar-refractivity contribution in [3.63, 3.8) is 0 Å². The fraction of sp³-hybridized carbons (Fsp3) is 0.955. The van der Waals surface area contributed by atoms with E-state index < -0.39 is 0 Å². The van der Waals surface area contributed by atoms with Crippen molar-refractivity contribution in [2.45, 2.75) is 122 Å². The van der Waals surface area contributed by atoms with Crippen LogP contribution in [-0.2, 0) is 4.74 Å². The maximum absolute atomic E-state index is 9.26. The van der Waals surface area contributed by atoms with Gasteiger partial charge in [0.2, 0.25) is 0 Å². The Morgan fingerprint density at radius 3 is 1.64 bits per heavy atom. The molecule has 1 rings (SSSR count). The number of hydrogen-bond donors (Lipinski definition) is 1. The van der Waals surface area contributed by atoms with Crippen LogP contribution in [0.25, 0.3) is 0 Å². The summed E-state index contributed by atoms with van der Waals surface area (Å²) in [6.07, 6.45) is 21.8. The molecule has 0 aromatic rings. The zero-order valence-corrected chi connectivity index (χ0v) is 17.0. The molecule has 0 spiro atoms. The van der Waals surface area contributed by atoms with Crippen LogP contribution in [0.3, 0.4) is 0 Å². The highest BCUT2D eigenvalue weighted by molar-refractivity contribution is 5.78. The number of aliphatic imine (C=N–C) groups is 1. The minimum atomic E-state index is -0.384. The SMILES string of the molecule is CCCCCCCCCCCCCCCCCC1=N[C@](C)(CO)CO1. The summed E-state index contributed by atoms with van der Waals surface area (Å²) in [6, 6.07) is 0. The monoisotopic (exact) mass is 353 g/mol. The fourth-order valence-corrected chi connectivity index (χ4v) is 3.46. The molecule has 0 aromatic carbocycles. The Morgan fingerprint density at radius 1 is 0.800 bits per heavy atom. The lowest BCUT2D eigenvalue weighted by Gasteiger charge is -2.12. The summed E-state index contributed by atoms with van der Waals surface area (Å²) in [5.74, 6) is 0.853. The summed E-state index contributed by atoms with van der Waals surface area (Å²) < 4.78 is 5.57. The number of hydrogen-bond acceptors (Lipinski definition) is 3. The van der Waals surface area contributed by atoms with Gasteiger partial charge in [0.25, 0.3) is 0 Å². The van der Waals surface area contributed by atoms with Crippen LogP contribution >= 0.6 is 0 Å². The molecule has 148 valence electrons. The second-order valence-electron chi connectivity index (χ2n) is 8.15. The van der Waals surface area contributed by atoms with Crippen molar-refractivity contribution in [3.8, 4) is 0 Å². The Morgan fingerprint density at radius 2 is 1.24 bits per heavy atom. The number of unbranched alkanes of at least 4 members (excludes halogenated alkanes) is 14. The maximum atomic E-state index is 9.26. The van der Waals surface area contributed by atoms with Crippen LogP contribution in [0.5, 0.6) is 0 Å². The van der Waals surface area contributed by atoms with E-state index >= 15 is 0 Å². The lowest BCUT2D eigenvalue weighted by molar-refractivity contribution is 0.169. The topological polar surface area (TPSA) is 41.8 Å². The van der Waals surface area contributed by atoms with Crippen molar-refractivity contribution in [2.75, 3.05) is 13.2 Å². The third-order valence-electron chi connectivity index (χ3n) is 5.28. The Kier molecular flexibility index (Phi) is 13.1. The molecule has 25 heavy (non-hydrogen) atoms. The fourth-order valence-electron chi connectivity index (χ4n) is 3.46. The van der Waals surface area contributed by atoms with E-state index in [-0.39, 0.29) is 12.1 Å². The second-order valence-corrected chi connectivity index (χ2v) is 8.15. The largest absolute Gasteiger partial charge is 0.478 e. The van der Waals surface area contributed by atoms with Crippen LogP contribution in [0.1, 0.15) is 117 Å². The van der Waals surface area contributed by atoms with E-state index in [9.17, 15) is 5.11 Å². The minimum absolute atomic E-state index is 0.0787. The average Bonchev–Trinajstić information content (AvgIpc) is 3.00. The Bertz CT molecular complexity index is 343. The summed E-state index contributed by atoms with van der Waals surface area (Å²) in [5, 5.41) is 9.26. The van der Waals surface area contributed by atoms with Crippen LogP contribution < -0.4 is 0 Å². The molecule has 0 saturated heterocycles. The van der Waals surface area contributed by atoms with E-state index in [0.29, 0.717) is 6.61 Å². The molecule has 0 aliphatic carbocycles.